The molecule has 0 bridgehead atoms. The fraction of sp³-hybridized carbons (Fsp3) is 0.278. The molecule has 2 N–H and O–H groups in total. The van der Waals surface area contributed by atoms with Gasteiger partial charge in [0.15, 0.2) is 0 Å². The molecule has 1 aromatic carbocycles. The number of hydrogen-bond donors (Lipinski definition) is 1. The van der Waals surface area contributed by atoms with Gasteiger partial charge in [0.1, 0.15) is 17.3 Å². The molecule has 1 saturated heterocycles. The minimum absolute atomic E-state index is 0.0296. The van der Waals surface area contributed by atoms with Crippen LogP contribution in [0.25, 0.3) is 17.4 Å². The summed E-state index contributed by atoms with van der Waals surface area (Å²) < 4.78 is 11.1. The number of likely N-dealkylation sites (tertiary alicyclic amines) is 1. The van der Waals surface area contributed by atoms with Crippen LogP contribution in [0.2, 0.25) is 0 Å². The van der Waals surface area contributed by atoms with Crippen LogP contribution in [0.4, 0.5) is 5.69 Å². The number of ether oxygens (including phenoxy) is 1. The van der Waals surface area contributed by atoms with Gasteiger partial charge in [-0.15, -0.1) is 0 Å². The van der Waals surface area contributed by atoms with E-state index in [-0.39, 0.29) is 5.91 Å². The Morgan fingerprint density at radius 1 is 1.26 bits per heavy atom. The van der Waals surface area contributed by atoms with Crippen LogP contribution in [0, 0.1) is 0 Å². The minimum atomic E-state index is 0.0296. The summed E-state index contributed by atoms with van der Waals surface area (Å²) >= 11 is 0. The molecule has 23 heavy (non-hydrogen) atoms. The third-order valence-electron chi connectivity index (χ3n) is 3.92. The van der Waals surface area contributed by atoms with Gasteiger partial charge >= 0.3 is 0 Å². The van der Waals surface area contributed by atoms with E-state index >= 15 is 0 Å². The number of hydrogen-bond acceptors (Lipinski definition) is 4. The van der Waals surface area contributed by atoms with Crippen molar-refractivity contribution in [2.75, 3.05) is 25.9 Å². The van der Waals surface area contributed by atoms with Crippen LogP contribution in [-0.2, 0) is 4.79 Å². The number of methoxy groups -OCH3 is 1. The zero-order valence-corrected chi connectivity index (χ0v) is 13.1. The SMILES string of the molecule is COc1ccc(N)cc1-c1ccc(/C=C/C(=O)N2CCCC2)o1. The van der Waals surface area contributed by atoms with Crippen LogP contribution >= 0.6 is 0 Å². The number of amides is 1. The van der Waals surface area contributed by atoms with Crippen LogP contribution in [-0.4, -0.2) is 31.0 Å². The highest BCUT2D eigenvalue weighted by Crippen LogP contribution is 2.33. The highest BCUT2D eigenvalue weighted by atomic mass is 16.5. The predicted molar refractivity (Wildman–Crippen MR) is 90.0 cm³/mol. The first-order valence-electron chi connectivity index (χ1n) is 7.68. The normalized spacial score (nSPS) is 14.6. The standard InChI is InChI=1S/C18H20N2O3/c1-22-16-7-4-13(19)12-15(16)17-8-5-14(23-17)6-9-18(21)20-10-2-3-11-20/h4-9,12H,2-3,10-11,19H2,1H3/b9-6+. The van der Waals surface area contributed by atoms with E-state index in [1.165, 1.54) is 0 Å². The number of nitrogen functional groups attached to an aromatic ring is 1. The Morgan fingerprint density at radius 3 is 2.78 bits per heavy atom. The molecule has 1 aliphatic rings. The molecule has 0 unspecified atom stereocenters. The summed E-state index contributed by atoms with van der Waals surface area (Å²) in [7, 11) is 1.60. The van der Waals surface area contributed by atoms with Gasteiger partial charge < -0.3 is 19.8 Å². The quantitative estimate of drug-likeness (QED) is 0.695. The van der Waals surface area contributed by atoms with Crippen molar-refractivity contribution >= 4 is 17.7 Å². The lowest BCUT2D eigenvalue weighted by Crippen LogP contribution is -2.25. The summed E-state index contributed by atoms with van der Waals surface area (Å²) in [5, 5.41) is 0. The molecule has 0 aliphatic carbocycles. The molecule has 0 saturated carbocycles. The lowest BCUT2D eigenvalue weighted by atomic mass is 10.1. The van der Waals surface area contributed by atoms with Gasteiger partial charge in [0.05, 0.1) is 12.7 Å². The fourth-order valence-corrected chi connectivity index (χ4v) is 2.70. The Bertz CT molecular complexity index is 728. The second-order valence-electron chi connectivity index (χ2n) is 5.53. The third kappa shape index (κ3) is 3.39. The maximum absolute atomic E-state index is 12.0. The molecule has 2 heterocycles. The van der Waals surface area contributed by atoms with Gasteiger partial charge in [0.2, 0.25) is 5.91 Å². The van der Waals surface area contributed by atoms with Gasteiger partial charge in [-0.2, -0.15) is 0 Å². The van der Waals surface area contributed by atoms with E-state index in [2.05, 4.69) is 0 Å². The van der Waals surface area contributed by atoms with Crippen LogP contribution in [0.15, 0.2) is 40.8 Å². The Labute approximate surface area is 135 Å². The predicted octanol–water partition coefficient (Wildman–Crippen LogP) is 3.17. The van der Waals surface area contributed by atoms with E-state index in [9.17, 15) is 4.79 Å². The Kier molecular flexibility index (Phi) is 4.37. The molecule has 120 valence electrons. The molecule has 0 atom stereocenters. The van der Waals surface area contributed by atoms with Crippen LogP contribution in [0.3, 0.4) is 0 Å². The number of nitrogens with two attached hydrogens (primary N) is 1. The van der Waals surface area contributed by atoms with Gasteiger partial charge in [0, 0.05) is 24.9 Å². The minimum Gasteiger partial charge on any atom is -0.496 e. The van der Waals surface area contributed by atoms with E-state index in [4.69, 9.17) is 14.9 Å². The number of nitrogens with zero attached hydrogens (tertiary/aromatic N) is 1. The van der Waals surface area contributed by atoms with Gasteiger partial charge in [-0.1, -0.05) is 0 Å². The molecule has 5 nitrogen and oxygen atoms in total. The Morgan fingerprint density at radius 2 is 2.04 bits per heavy atom. The molecule has 0 spiro atoms. The van der Waals surface area contributed by atoms with Gasteiger partial charge in [0.25, 0.3) is 0 Å². The van der Waals surface area contributed by atoms with E-state index in [1.807, 2.05) is 17.0 Å². The number of carbonyl (C=O) groups excluding carboxylic acids is 1. The van der Waals surface area contributed by atoms with Crippen molar-refractivity contribution in [2.24, 2.45) is 0 Å². The second-order valence-corrected chi connectivity index (χ2v) is 5.53. The number of carbonyl (C=O) groups is 1. The van der Waals surface area contributed by atoms with Crippen molar-refractivity contribution in [3.63, 3.8) is 0 Å². The van der Waals surface area contributed by atoms with Crippen molar-refractivity contribution < 1.29 is 13.9 Å². The maximum atomic E-state index is 12.0. The highest BCUT2D eigenvalue weighted by Gasteiger charge is 2.15. The Balaban J connectivity index is 1.78. The summed E-state index contributed by atoms with van der Waals surface area (Å²) in [6, 6.07) is 9.06. The molecule has 1 fully saturated rings. The van der Waals surface area contributed by atoms with Crippen molar-refractivity contribution in [2.45, 2.75) is 12.8 Å². The molecular weight excluding hydrogens is 292 g/mol. The van der Waals surface area contributed by atoms with Gasteiger partial charge in [-0.3, -0.25) is 4.79 Å². The third-order valence-corrected chi connectivity index (χ3v) is 3.92. The summed E-state index contributed by atoms with van der Waals surface area (Å²) in [4.78, 5) is 13.8. The zero-order chi connectivity index (χ0) is 16.2. The van der Waals surface area contributed by atoms with Gasteiger partial charge in [-0.25, -0.2) is 0 Å². The van der Waals surface area contributed by atoms with E-state index in [1.54, 1.807) is 37.5 Å². The molecule has 1 aromatic heterocycles. The lowest BCUT2D eigenvalue weighted by Gasteiger charge is -2.11. The number of furan rings is 1. The zero-order valence-electron chi connectivity index (χ0n) is 13.1. The maximum Gasteiger partial charge on any atom is 0.246 e. The number of rotatable bonds is 4. The largest absolute Gasteiger partial charge is 0.496 e. The fourth-order valence-electron chi connectivity index (χ4n) is 2.70. The first-order valence-corrected chi connectivity index (χ1v) is 7.68. The van der Waals surface area contributed by atoms with Crippen LogP contribution < -0.4 is 10.5 Å². The first kappa shape index (κ1) is 15.2. The Hall–Kier alpha value is -2.69. The van der Waals surface area contributed by atoms with Crippen molar-refractivity contribution in [1.82, 2.24) is 4.90 Å². The molecule has 3 rings (SSSR count). The van der Waals surface area contributed by atoms with Crippen molar-refractivity contribution in [3.8, 4) is 17.1 Å². The molecular formula is C18H20N2O3. The van der Waals surface area contributed by atoms with E-state index < -0.39 is 0 Å². The topological polar surface area (TPSA) is 68.7 Å². The van der Waals surface area contributed by atoms with Gasteiger partial charge in [-0.05, 0) is 49.2 Å². The summed E-state index contributed by atoms with van der Waals surface area (Å²) in [5.41, 5.74) is 7.26. The molecule has 1 amide bonds. The van der Waals surface area contributed by atoms with Crippen molar-refractivity contribution in [1.29, 1.82) is 0 Å². The summed E-state index contributed by atoms with van der Waals surface area (Å²) in [5.74, 6) is 2.00. The first-order chi connectivity index (χ1) is 11.2. The number of anilines is 1. The average molecular weight is 312 g/mol. The number of benzene rings is 1. The second kappa shape index (κ2) is 6.60. The van der Waals surface area contributed by atoms with E-state index in [0.29, 0.717) is 23.0 Å². The molecule has 1 aliphatic heterocycles. The van der Waals surface area contributed by atoms with Crippen LogP contribution in [0.1, 0.15) is 18.6 Å². The smallest absolute Gasteiger partial charge is 0.246 e. The van der Waals surface area contributed by atoms with E-state index in [0.717, 1.165) is 31.5 Å². The average Bonchev–Trinajstić information content (AvgIpc) is 3.24. The monoisotopic (exact) mass is 312 g/mol. The molecule has 5 heteroatoms. The summed E-state index contributed by atoms with van der Waals surface area (Å²) in [6.07, 6.45) is 5.42. The molecule has 2 aromatic rings. The van der Waals surface area contributed by atoms with Crippen LogP contribution in [0.5, 0.6) is 5.75 Å². The highest BCUT2D eigenvalue weighted by molar-refractivity contribution is 5.91. The molecule has 0 radical (unpaired) electrons. The lowest BCUT2D eigenvalue weighted by molar-refractivity contribution is -0.124. The summed E-state index contributed by atoms with van der Waals surface area (Å²) in [6.45, 7) is 1.68. The van der Waals surface area contributed by atoms with Crippen molar-refractivity contribution in [3.05, 3.63) is 42.2 Å².